The first-order valence-electron chi connectivity index (χ1n) is 9.01. The van der Waals surface area contributed by atoms with Crippen LogP contribution in [-0.4, -0.2) is 54.6 Å². The van der Waals surface area contributed by atoms with Crippen LogP contribution in [0.1, 0.15) is 26.3 Å². The lowest BCUT2D eigenvalue weighted by atomic mass is 10.2. The first kappa shape index (κ1) is 29.5. The van der Waals surface area contributed by atoms with Crippen molar-refractivity contribution in [2.75, 3.05) is 17.8 Å². The molecule has 3 aromatic rings. The number of carboxylic acid groups (broad SMARTS) is 2. The molecule has 0 fully saturated rings. The molecule has 0 atom stereocenters. The van der Waals surface area contributed by atoms with Gasteiger partial charge in [-0.1, -0.05) is 87.6 Å². The Morgan fingerprint density at radius 2 is 1.31 bits per heavy atom. The molecule has 16 heteroatoms. The highest BCUT2D eigenvalue weighted by atomic mass is 35.5. The summed E-state index contributed by atoms with van der Waals surface area (Å²) in [5.41, 5.74) is 0.313. The molecule has 0 aliphatic heterocycles. The standard InChI is InChI=1S/C13H10Cl3N3O2S.C6H4Cl2N2O2S/c1-22-13-18-10(16)9(12(20)21)11(19-13)17-5-6-2-3-7(14)4-8(6)15;1-13-6-9-3(7)2(5(11)12)4(8)10-6/h2-4H,5H2,1H3,(H,20,21)(H,17,18,19);1H3,(H,11,12). The van der Waals surface area contributed by atoms with Crippen molar-refractivity contribution in [2.45, 2.75) is 16.9 Å². The Bertz CT molecular complexity index is 1250. The van der Waals surface area contributed by atoms with Gasteiger partial charge in [-0.05, 0) is 30.2 Å². The van der Waals surface area contributed by atoms with Crippen molar-refractivity contribution in [3.8, 4) is 0 Å². The lowest BCUT2D eigenvalue weighted by molar-refractivity contribution is 0.0685. The Kier molecular flexibility index (Phi) is 11.4. The predicted octanol–water partition coefficient (Wildman–Crippen LogP) is 6.67. The number of hydrogen-bond donors (Lipinski definition) is 3. The SMILES string of the molecule is CSc1nc(Cl)c(C(=O)O)c(Cl)n1.CSc1nc(Cl)c(C(=O)O)c(NCc2ccc(Cl)cc2Cl)n1. The van der Waals surface area contributed by atoms with Gasteiger partial charge in [-0.15, -0.1) is 0 Å². The Balaban J connectivity index is 0.000000283. The Labute approximate surface area is 232 Å². The summed E-state index contributed by atoms with van der Waals surface area (Å²) in [6.07, 6.45) is 3.51. The Hall–Kier alpha value is -1.73. The molecule has 2 heterocycles. The second kappa shape index (κ2) is 13.5. The fourth-order valence-electron chi connectivity index (χ4n) is 2.32. The molecular formula is C19H14Cl5N5O4S2. The molecule has 186 valence electrons. The molecule has 3 N–H and O–H groups in total. The fourth-order valence-corrected chi connectivity index (χ4v) is 4.48. The van der Waals surface area contributed by atoms with Crippen molar-refractivity contribution in [1.29, 1.82) is 0 Å². The molecule has 9 nitrogen and oxygen atoms in total. The van der Waals surface area contributed by atoms with Gasteiger partial charge in [0.15, 0.2) is 10.3 Å². The minimum atomic E-state index is -1.23. The highest BCUT2D eigenvalue weighted by Crippen LogP contribution is 2.27. The van der Waals surface area contributed by atoms with Crippen LogP contribution >= 0.6 is 81.5 Å². The van der Waals surface area contributed by atoms with Crippen LogP contribution in [0.4, 0.5) is 5.82 Å². The van der Waals surface area contributed by atoms with Crippen molar-refractivity contribution < 1.29 is 19.8 Å². The van der Waals surface area contributed by atoms with Crippen LogP contribution in [0, 0.1) is 0 Å². The third-order valence-electron chi connectivity index (χ3n) is 3.90. The smallest absolute Gasteiger partial charge is 0.342 e. The van der Waals surface area contributed by atoms with Crippen molar-refractivity contribution in [3.05, 3.63) is 60.4 Å². The maximum atomic E-state index is 11.3. The van der Waals surface area contributed by atoms with E-state index in [-0.39, 0.29) is 38.9 Å². The van der Waals surface area contributed by atoms with Gasteiger partial charge in [0.2, 0.25) is 0 Å². The maximum absolute atomic E-state index is 11.3. The zero-order chi connectivity index (χ0) is 26.3. The number of nitrogens with one attached hydrogen (secondary N) is 1. The van der Waals surface area contributed by atoms with Crippen LogP contribution < -0.4 is 5.32 Å². The molecule has 0 bridgehead atoms. The van der Waals surface area contributed by atoms with Gasteiger partial charge in [-0.2, -0.15) is 0 Å². The summed E-state index contributed by atoms with van der Waals surface area (Å²) in [5, 5.41) is 22.1. The number of rotatable bonds is 7. The van der Waals surface area contributed by atoms with Crippen molar-refractivity contribution >= 4 is 99.3 Å². The monoisotopic (exact) mass is 615 g/mol. The van der Waals surface area contributed by atoms with E-state index in [4.69, 9.17) is 63.1 Å². The molecule has 0 aliphatic rings. The van der Waals surface area contributed by atoms with E-state index in [1.807, 2.05) is 0 Å². The van der Waals surface area contributed by atoms with Crippen molar-refractivity contribution in [2.24, 2.45) is 0 Å². The molecule has 3 rings (SSSR count). The topological polar surface area (TPSA) is 138 Å². The van der Waals surface area contributed by atoms with E-state index in [1.54, 1.807) is 30.7 Å². The minimum Gasteiger partial charge on any atom is -0.477 e. The molecular weight excluding hydrogens is 604 g/mol. The van der Waals surface area contributed by atoms with E-state index in [0.717, 1.165) is 5.56 Å². The molecule has 1 aromatic carbocycles. The summed E-state index contributed by atoms with van der Waals surface area (Å²) in [4.78, 5) is 37.4. The first-order chi connectivity index (χ1) is 16.5. The van der Waals surface area contributed by atoms with Gasteiger partial charge in [0.25, 0.3) is 0 Å². The number of halogens is 5. The zero-order valence-corrected chi connectivity index (χ0v) is 23.1. The number of thioether (sulfide) groups is 2. The number of nitrogens with zero attached hydrogens (tertiary/aromatic N) is 4. The quantitative estimate of drug-likeness (QED) is 0.149. The van der Waals surface area contributed by atoms with Crippen LogP contribution in [0.3, 0.4) is 0 Å². The van der Waals surface area contributed by atoms with Gasteiger partial charge in [0.05, 0.1) is 0 Å². The molecule has 0 saturated heterocycles. The van der Waals surface area contributed by atoms with Crippen LogP contribution in [0.15, 0.2) is 28.5 Å². The largest absolute Gasteiger partial charge is 0.477 e. The average Bonchev–Trinajstić information content (AvgIpc) is 2.77. The molecule has 2 aromatic heterocycles. The number of carbonyl (C=O) groups is 2. The summed E-state index contributed by atoms with van der Waals surface area (Å²) in [5.74, 6) is -2.30. The van der Waals surface area contributed by atoms with Crippen LogP contribution in [0.25, 0.3) is 0 Å². The van der Waals surface area contributed by atoms with Crippen LogP contribution in [-0.2, 0) is 6.54 Å². The number of anilines is 1. The van der Waals surface area contributed by atoms with Gasteiger partial charge in [-0.25, -0.2) is 29.5 Å². The van der Waals surface area contributed by atoms with Crippen LogP contribution in [0.2, 0.25) is 25.5 Å². The number of hydrogen-bond acceptors (Lipinski definition) is 9. The van der Waals surface area contributed by atoms with E-state index in [0.29, 0.717) is 20.4 Å². The first-order valence-corrected chi connectivity index (χ1v) is 13.3. The van der Waals surface area contributed by atoms with Gasteiger partial charge in [0.1, 0.15) is 32.4 Å². The Morgan fingerprint density at radius 1 is 0.829 bits per heavy atom. The zero-order valence-electron chi connectivity index (χ0n) is 17.6. The molecule has 0 unspecified atom stereocenters. The molecule has 0 spiro atoms. The molecule has 0 saturated carbocycles. The van der Waals surface area contributed by atoms with Gasteiger partial charge < -0.3 is 15.5 Å². The minimum absolute atomic E-state index is 0.114. The van der Waals surface area contributed by atoms with Crippen LogP contribution in [0.5, 0.6) is 0 Å². The predicted molar refractivity (Wildman–Crippen MR) is 140 cm³/mol. The number of aromatic nitrogens is 4. The van der Waals surface area contributed by atoms with Crippen molar-refractivity contribution in [1.82, 2.24) is 19.9 Å². The van der Waals surface area contributed by atoms with Gasteiger partial charge >= 0.3 is 11.9 Å². The second-order valence-electron chi connectivity index (χ2n) is 6.09. The van der Waals surface area contributed by atoms with Crippen molar-refractivity contribution in [3.63, 3.8) is 0 Å². The van der Waals surface area contributed by atoms with E-state index in [2.05, 4.69) is 25.3 Å². The second-order valence-corrected chi connectivity index (χ2v) is 9.56. The number of aromatic carboxylic acids is 2. The summed E-state index contributed by atoms with van der Waals surface area (Å²) in [6, 6.07) is 5.05. The third kappa shape index (κ3) is 8.14. The number of carboxylic acids is 2. The van der Waals surface area contributed by atoms with E-state index in [9.17, 15) is 14.7 Å². The van der Waals surface area contributed by atoms with Gasteiger partial charge in [-0.3, -0.25) is 0 Å². The van der Waals surface area contributed by atoms with E-state index >= 15 is 0 Å². The lowest BCUT2D eigenvalue weighted by Gasteiger charge is -2.11. The Morgan fingerprint density at radius 3 is 1.77 bits per heavy atom. The number of benzene rings is 1. The maximum Gasteiger partial charge on any atom is 0.342 e. The summed E-state index contributed by atoms with van der Waals surface area (Å²) in [7, 11) is 0. The third-order valence-corrected chi connectivity index (χ3v) is 6.40. The molecule has 0 amide bonds. The van der Waals surface area contributed by atoms with Gasteiger partial charge in [0, 0.05) is 16.6 Å². The normalized spacial score (nSPS) is 10.4. The molecule has 0 aliphatic carbocycles. The average molecular weight is 618 g/mol. The molecule has 35 heavy (non-hydrogen) atoms. The molecule has 0 radical (unpaired) electrons. The highest BCUT2D eigenvalue weighted by molar-refractivity contribution is 7.98. The summed E-state index contributed by atoms with van der Waals surface area (Å²) >= 11 is 31.5. The van der Waals surface area contributed by atoms with E-state index in [1.165, 1.54) is 23.5 Å². The van der Waals surface area contributed by atoms with E-state index < -0.39 is 11.9 Å². The summed E-state index contributed by atoms with van der Waals surface area (Å²) < 4.78 is 0. The lowest BCUT2D eigenvalue weighted by Crippen LogP contribution is -2.11. The summed E-state index contributed by atoms with van der Waals surface area (Å²) in [6.45, 7) is 0.275. The highest BCUT2D eigenvalue weighted by Gasteiger charge is 2.20. The fraction of sp³-hybridized carbons (Fsp3) is 0.158.